The lowest BCUT2D eigenvalue weighted by Gasteiger charge is -2.44. The highest BCUT2D eigenvalue weighted by atomic mass is 32.1. The van der Waals surface area contributed by atoms with Crippen molar-refractivity contribution in [3.8, 4) is 21.0 Å². The van der Waals surface area contributed by atoms with E-state index in [-0.39, 0.29) is 6.61 Å². The predicted molar refractivity (Wildman–Crippen MR) is 103 cm³/mol. The molecule has 26 heavy (non-hydrogen) atoms. The van der Waals surface area contributed by atoms with Crippen molar-refractivity contribution in [2.24, 2.45) is 5.92 Å². The topological polar surface area (TPSA) is 54.2 Å². The minimum absolute atomic E-state index is 0.0694. The molecule has 3 aromatic rings. The normalized spacial score (nSPS) is 24.9. The van der Waals surface area contributed by atoms with Gasteiger partial charge >= 0.3 is 0 Å². The molecule has 2 aromatic heterocycles. The second-order valence-electron chi connectivity index (χ2n) is 7.31. The minimum atomic E-state index is 0.0694. The standard InChI is InChI=1S/C20H22N4OS/c25-13-14-2-1-3-16(10-14)19-4-5-20(26-19)17-11-24(22-21-17)18-12-23-8-6-15(18)7-9-23/h1-5,10-11,15,18,25H,6-9,12-13H2/t18-/m0/s1. The summed E-state index contributed by atoms with van der Waals surface area (Å²) in [5, 5.41) is 18.3. The van der Waals surface area contributed by atoms with Crippen LogP contribution in [0.15, 0.2) is 42.6 Å². The molecule has 2 bridgehead atoms. The van der Waals surface area contributed by atoms with Gasteiger partial charge in [0.05, 0.1) is 23.7 Å². The largest absolute Gasteiger partial charge is 0.392 e. The molecule has 1 atom stereocenters. The van der Waals surface area contributed by atoms with Crippen LogP contribution in [0.1, 0.15) is 24.4 Å². The fraction of sp³-hybridized carbons (Fsp3) is 0.400. The number of aromatic nitrogens is 3. The van der Waals surface area contributed by atoms with Crippen molar-refractivity contribution in [2.75, 3.05) is 19.6 Å². The monoisotopic (exact) mass is 366 g/mol. The maximum absolute atomic E-state index is 9.34. The number of fused-ring (bicyclic) bond motifs is 3. The first-order valence-corrected chi connectivity index (χ1v) is 10.1. The lowest BCUT2D eigenvalue weighted by atomic mass is 9.84. The lowest BCUT2D eigenvalue weighted by molar-refractivity contribution is 0.0504. The summed E-state index contributed by atoms with van der Waals surface area (Å²) in [4.78, 5) is 4.87. The third kappa shape index (κ3) is 2.88. The van der Waals surface area contributed by atoms with Crippen molar-refractivity contribution in [1.29, 1.82) is 0 Å². The van der Waals surface area contributed by atoms with Crippen molar-refractivity contribution in [3.05, 3.63) is 48.2 Å². The number of aliphatic hydroxyl groups excluding tert-OH is 1. The van der Waals surface area contributed by atoms with E-state index < -0.39 is 0 Å². The Morgan fingerprint density at radius 1 is 1.12 bits per heavy atom. The molecule has 5 nitrogen and oxygen atoms in total. The zero-order chi connectivity index (χ0) is 17.5. The van der Waals surface area contributed by atoms with Gasteiger partial charge in [0.2, 0.25) is 0 Å². The molecular formula is C20H22N4OS. The van der Waals surface area contributed by atoms with Gasteiger partial charge in [0, 0.05) is 11.4 Å². The molecule has 3 saturated heterocycles. The number of aliphatic hydroxyl groups is 1. The first-order chi connectivity index (χ1) is 12.8. The van der Waals surface area contributed by atoms with Crippen molar-refractivity contribution < 1.29 is 5.11 Å². The fourth-order valence-corrected chi connectivity index (χ4v) is 5.19. The molecule has 3 fully saturated rings. The van der Waals surface area contributed by atoms with Gasteiger partial charge in [-0.25, -0.2) is 4.68 Å². The molecule has 6 heteroatoms. The SMILES string of the molecule is OCc1cccc(-c2ccc(-c3cn([C@H]4CN5CCC4CC5)nn3)s2)c1. The third-order valence-electron chi connectivity index (χ3n) is 5.72. The molecule has 6 rings (SSSR count). The highest BCUT2D eigenvalue weighted by Crippen LogP contribution is 2.37. The molecule has 0 saturated carbocycles. The summed E-state index contributed by atoms with van der Waals surface area (Å²) in [6.07, 6.45) is 4.68. The second kappa shape index (κ2) is 6.61. The maximum atomic E-state index is 9.34. The fourth-order valence-electron chi connectivity index (χ4n) is 4.24. The Bertz CT molecular complexity index is 910. The third-order valence-corrected chi connectivity index (χ3v) is 6.88. The van der Waals surface area contributed by atoms with E-state index in [1.807, 2.05) is 18.2 Å². The molecule has 3 aliphatic rings. The van der Waals surface area contributed by atoms with Gasteiger partial charge in [-0.05, 0) is 61.2 Å². The van der Waals surface area contributed by atoms with Gasteiger partial charge in [-0.3, -0.25) is 0 Å². The zero-order valence-electron chi connectivity index (χ0n) is 14.6. The Morgan fingerprint density at radius 3 is 2.73 bits per heavy atom. The molecule has 0 aliphatic carbocycles. The minimum Gasteiger partial charge on any atom is -0.392 e. The van der Waals surface area contributed by atoms with Gasteiger partial charge in [0.1, 0.15) is 5.69 Å². The molecule has 3 aliphatic heterocycles. The molecule has 0 spiro atoms. The van der Waals surface area contributed by atoms with Crippen molar-refractivity contribution >= 4 is 11.3 Å². The second-order valence-corrected chi connectivity index (χ2v) is 8.40. The van der Waals surface area contributed by atoms with Crippen molar-refractivity contribution in [2.45, 2.75) is 25.5 Å². The number of rotatable bonds is 4. The highest BCUT2D eigenvalue weighted by molar-refractivity contribution is 7.18. The summed E-state index contributed by atoms with van der Waals surface area (Å²) in [6, 6.07) is 12.8. The summed E-state index contributed by atoms with van der Waals surface area (Å²) >= 11 is 1.73. The first kappa shape index (κ1) is 16.2. The van der Waals surface area contributed by atoms with E-state index in [0.29, 0.717) is 6.04 Å². The van der Waals surface area contributed by atoms with Crippen LogP contribution in [0.2, 0.25) is 0 Å². The number of piperidine rings is 3. The number of hydrogen-bond acceptors (Lipinski definition) is 5. The summed E-state index contributed by atoms with van der Waals surface area (Å²) < 4.78 is 2.09. The van der Waals surface area contributed by atoms with E-state index in [4.69, 9.17) is 0 Å². The Morgan fingerprint density at radius 2 is 1.96 bits per heavy atom. The van der Waals surface area contributed by atoms with E-state index in [2.05, 4.69) is 44.3 Å². The molecule has 0 unspecified atom stereocenters. The smallest absolute Gasteiger partial charge is 0.123 e. The van der Waals surface area contributed by atoms with Crippen molar-refractivity contribution in [1.82, 2.24) is 19.9 Å². The van der Waals surface area contributed by atoms with Gasteiger partial charge in [-0.1, -0.05) is 23.4 Å². The Labute approximate surface area is 156 Å². The number of thiophene rings is 1. The zero-order valence-corrected chi connectivity index (χ0v) is 15.4. The van der Waals surface area contributed by atoms with Gasteiger partial charge in [-0.2, -0.15) is 0 Å². The summed E-state index contributed by atoms with van der Waals surface area (Å²) in [5.74, 6) is 0.745. The van der Waals surface area contributed by atoms with Gasteiger partial charge in [0.15, 0.2) is 0 Å². The van der Waals surface area contributed by atoms with E-state index in [9.17, 15) is 5.11 Å². The van der Waals surface area contributed by atoms with Crippen LogP contribution in [-0.4, -0.2) is 44.6 Å². The van der Waals surface area contributed by atoms with Crippen LogP contribution in [0, 0.1) is 5.92 Å². The number of nitrogens with zero attached hydrogens (tertiary/aromatic N) is 4. The molecule has 1 N–H and O–H groups in total. The molecular weight excluding hydrogens is 344 g/mol. The summed E-state index contributed by atoms with van der Waals surface area (Å²) in [6.45, 7) is 3.66. The van der Waals surface area contributed by atoms with Crippen molar-refractivity contribution in [3.63, 3.8) is 0 Å². The van der Waals surface area contributed by atoms with Crippen LogP contribution < -0.4 is 0 Å². The van der Waals surface area contributed by atoms with Crippen LogP contribution in [0.25, 0.3) is 21.0 Å². The highest BCUT2D eigenvalue weighted by Gasteiger charge is 2.35. The predicted octanol–water partition coefficient (Wildman–Crippen LogP) is 3.43. The Hall–Kier alpha value is -2.02. The molecule has 5 heterocycles. The average Bonchev–Trinajstić information content (AvgIpc) is 3.38. The summed E-state index contributed by atoms with van der Waals surface area (Å²) in [5.41, 5.74) is 3.03. The number of benzene rings is 1. The van der Waals surface area contributed by atoms with Crippen LogP contribution in [-0.2, 0) is 6.61 Å². The van der Waals surface area contributed by atoms with E-state index in [0.717, 1.165) is 34.2 Å². The van der Waals surface area contributed by atoms with Gasteiger partial charge < -0.3 is 10.0 Å². The molecule has 134 valence electrons. The van der Waals surface area contributed by atoms with Gasteiger partial charge in [-0.15, -0.1) is 16.4 Å². The van der Waals surface area contributed by atoms with Crippen LogP contribution >= 0.6 is 11.3 Å². The van der Waals surface area contributed by atoms with Gasteiger partial charge in [0.25, 0.3) is 0 Å². The van der Waals surface area contributed by atoms with E-state index in [1.165, 1.54) is 30.8 Å². The van der Waals surface area contributed by atoms with Crippen LogP contribution in [0.3, 0.4) is 0 Å². The maximum Gasteiger partial charge on any atom is 0.123 e. The quantitative estimate of drug-likeness (QED) is 0.769. The molecule has 0 amide bonds. The number of hydrogen-bond donors (Lipinski definition) is 1. The average molecular weight is 366 g/mol. The van der Waals surface area contributed by atoms with E-state index >= 15 is 0 Å². The van der Waals surface area contributed by atoms with Crippen LogP contribution in [0.5, 0.6) is 0 Å². The lowest BCUT2D eigenvalue weighted by Crippen LogP contribution is -2.48. The summed E-state index contributed by atoms with van der Waals surface area (Å²) in [7, 11) is 0. The molecule has 1 aromatic carbocycles. The Balaban J connectivity index is 1.39. The Kier molecular flexibility index (Phi) is 4.11. The molecule has 0 radical (unpaired) electrons. The van der Waals surface area contributed by atoms with Crippen LogP contribution in [0.4, 0.5) is 0 Å². The first-order valence-electron chi connectivity index (χ1n) is 9.25. The van der Waals surface area contributed by atoms with E-state index in [1.54, 1.807) is 11.3 Å².